The molecule has 29 heavy (non-hydrogen) atoms. The Morgan fingerprint density at radius 1 is 1.17 bits per heavy atom. The number of hydrogen-bond acceptors (Lipinski definition) is 5. The minimum absolute atomic E-state index is 0.0132. The van der Waals surface area contributed by atoms with Gasteiger partial charge in [-0.15, -0.1) is 0 Å². The highest BCUT2D eigenvalue weighted by Gasteiger charge is 2.62. The Morgan fingerprint density at radius 2 is 1.86 bits per heavy atom. The van der Waals surface area contributed by atoms with Crippen LogP contribution in [-0.2, 0) is 19.1 Å². The molecule has 1 heterocycles. The van der Waals surface area contributed by atoms with Gasteiger partial charge in [0, 0.05) is 18.4 Å². The number of fused-ring (bicyclic) bond motifs is 4. The van der Waals surface area contributed by atoms with E-state index in [1.54, 1.807) is 0 Å². The predicted molar refractivity (Wildman–Crippen MR) is 108 cm³/mol. The molecule has 3 aliphatic carbocycles. The maximum atomic E-state index is 13.2. The Morgan fingerprint density at radius 3 is 2.52 bits per heavy atom. The number of allylic oxidation sites excluding steroid dienone is 1. The highest BCUT2D eigenvalue weighted by Crippen LogP contribution is 2.64. The summed E-state index contributed by atoms with van der Waals surface area (Å²) >= 11 is 0. The van der Waals surface area contributed by atoms with Crippen LogP contribution in [-0.4, -0.2) is 33.7 Å². The molecule has 5 heteroatoms. The van der Waals surface area contributed by atoms with E-state index in [2.05, 4.69) is 27.7 Å². The van der Waals surface area contributed by atoms with Crippen LogP contribution >= 0.6 is 0 Å². The molecular formula is C24H32O5. The molecule has 0 unspecified atom stereocenters. The third-order valence-corrected chi connectivity index (χ3v) is 8.31. The van der Waals surface area contributed by atoms with Crippen molar-refractivity contribution in [2.75, 3.05) is 0 Å². The zero-order valence-electron chi connectivity index (χ0n) is 18.1. The van der Waals surface area contributed by atoms with E-state index in [9.17, 15) is 19.5 Å². The van der Waals surface area contributed by atoms with Crippen molar-refractivity contribution in [3.05, 3.63) is 23.5 Å². The van der Waals surface area contributed by atoms with E-state index in [0.717, 1.165) is 25.7 Å². The van der Waals surface area contributed by atoms with Gasteiger partial charge in [0.15, 0.2) is 11.4 Å². The Hall–Kier alpha value is -1.75. The van der Waals surface area contributed by atoms with Gasteiger partial charge in [-0.3, -0.25) is 14.4 Å². The van der Waals surface area contributed by atoms with E-state index < -0.39 is 35.0 Å². The quantitative estimate of drug-likeness (QED) is 0.715. The fraction of sp³-hybridized carbons (Fsp3) is 0.708. The van der Waals surface area contributed by atoms with E-state index in [-0.39, 0.29) is 28.1 Å². The lowest BCUT2D eigenvalue weighted by Gasteiger charge is -2.62. The van der Waals surface area contributed by atoms with Crippen molar-refractivity contribution in [1.82, 2.24) is 0 Å². The molecule has 2 saturated carbocycles. The molecule has 0 bridgehead atoms. The summed E-state index contributed by atoms with van der Waals surface area (Å²) in [7, 11) is 0. The Bertz CT molecular complexity index is 864. The lowest BCUT2D eigenvalue weighted by Crippen LogP contribution is -2.60. The number of carbonyl (C=O) groups is 3. The first kappa shape index (κ1) is 20.5. The average Bonchev–Trinajstić information content (AvgIpc) is 2.57. The van der Waals surface area contributed by atoms with Gasteiger partial charge >= 0.3 is 0 Å². The lowest BCUT2D eigenvalue weighted by atomic mass is 9.45. The van der Waals surface area contributed by atoms with Crippen LogP contribution in [0.4, 0.5) is 0 Å². The molecule has 4 aliphatic rings. The van der Waals surface area contributed by atoms with Crippen LogP contribution in [0.5, 0.6) is 0 Å². The molecule has 0 spiro atoms. The van der Waals surface area contributed by atoms with Crippen LogP contribution in [0, 0.1) is 22.7 Å². The average molecular weight is 401 g/mol. The molecule has 2 fully saturated rings. The summed E-state index contributed by atoms with van der Waals surface area (Å²) in [6.07, 6.45) is 8.01. The fourth-order valence-corrected chi connectivity index (χ4v) is 6.97. The molecular weight excluding hydrogens is 368 g/mol. The third-order valence-electron chi connectivity index (χ3n) is 8.31. The van der Waals surface area contributed by atoms with Crippen molar-refractivity contribution in [2.45, 2.75) is 84.3 Å². The number of aliphatic hydroxyl groups is 1. The Balaban J connectivity index is 1.82. The smallest absolute Gasteiger partial charge is 0.206 e. The Kier molecular flexibility index (Phi) is 4.34. The molecule has 0 radical (unpaired) electrons. The second-order valence-corrected chi connectivity index (χ2v) is 10.9. The van der Waals surface area contributed by atoms with E-state index in [1.165, 1.54) is 19.4 Å². The minimum atomic E-state index is -2.31. The van der Waals surface area contributed by atoms with Gasteiger partial charge in [-0.1, -0.05) is 33.3 Å². The SMILES string of the molecule is CC(=O)C[C@]1(O)C(=O)C=C2O[C@@]3(C)CC[C@H]4C(C)(C)CCC[C@]4(C)[C@H]3C=C2C1=O. The predicted octanol–water partition coefficient (Wildman–Crippen LogP) is 3.69. The summed E-state index contributed by atoms with van der Waals surface area (Å²) in [4.78, 5) is 37.4. The molecule has 1 N–H and O–H groups in total. The third kappa shape index (κ3) is 2.80. The standard InChI is InChI=1S/C24H32O5/c1-14(25)13-24(28)19(26)12-16-15(20(24)27)11-18-22(4)9-6-8-21(2,3)17(22)7-10-23(18,5)29-16/h11-12,17-18,28H,6-10,13H2,1-5H3/t17-,18+,22-,23-,24-/m0/s1. The number of ether oxygens (including phenoxy) is 1. The van der Waals surface area contributed by atoms with Crippen LogP contribution in [0.15, 0.2) is 23.5 Å². The highest BCUT2D eigenvalue weighted by molar-refractivity contribution is 6.26. The van der Waals surface area contributed by atoms with Crippen LogP contribution in [0.25, 0.3) is 0 Å². The van der Waals surface area contributed by atoms with Crippen molar-refractivity contribution < 1.29 is 24.2 Å². The summed E-state index contributed by atoms with van der Waals surface area (Å²) in [6.45, 7) is 10.4. The summed E-state index contributed by atoms with van der Waals surface area (Å²) in [5.74, 6) is -1.07. The number of ketones is 3. The lowest BCUT2D eigenvalue weighted by molar-refractivity contribution is -0.168. The summed E-state index contributed by atoms with van der Waals surface area (Å²) in [5, 5.41) is 10.8. The van der Waals surface area contributed by atoms with Crippen LogP contribution in [0.3, 0.4) is 0 Å². The maximum Gasteiger partial charge on any atom is 0.206 e. The van der Waals surface area contributed by atoms with Crippen LogP contribution in [0.1, 0.15) is 73.1 Å². The summed E-state index contributed by atoms with van der Waals surface area (Å²) in [6, 6.07) is 0. The van der Waals surface area contributed by atoms with Crippen molar-refractivity contribution in [3.8, 4) is 0 Å². The van der Waals surface area contributed by atoms with E-state index in [0.29, 0.717) is 5.92 Å². The van der Waals surface area contributed by atoms with Gasteiger partial charge in [-0.2, -0.15) is 0 Å². The molecule has 0 amide bonds. The number of rotatable bonds is 2. The van der Waals surface area contributed by atoms with Gasteiger partial charge in [-0.25, -0.2) is 0 Å². The van der Waals surface area contributed by atoms with Crippen molar-refractivity contribution >= 4 is 17.3 Å². The first-order chi connectivity index (χ1) is 13.3. The molecule has 4 rings (SSSR count). The molecule has 158 valence electrons. The first-order valence-electron chi connectivity index (χ1n) is 10.8. The van der Waals surface area contributed by atoms with E-state index >= 15 is 0 Å². The molecule has 0 aromatic carbocycles. The normalized spacial score (nSPS) is 43.2. The van der Waals surface area contributed by atoms with Gasteiger partial charge in [0.05, 0.1) is 5.57 Å². The van der Waals surface area contributed by atoms with Gasteiger partial charge < -0.3 is 9.84 Å². The topological polar surface area (TPSA) is 80.7 Å². The van der Waals surface area contributed by atoms with Crippen LogP contribution < -0.4 is 0 Å². The fourth-order valence-electron chi connectivity index (χ4n) is 6.97. The number of carbonyl (C=O) groups excluding carboxylic acids is 3. The monoisotopic (exact) mass is 400 g/mol. The van der Waals surface area contributed by atoms with Crippen molar-refractivity contribution in [3.63, 3.8) is 0 Å². The van der Waals surface area contributed by atoms with Gasteiger partial charge in [-0.05, 0) is 56.3 Å². The van der Waals surface area contributed by atoms with Crippen molar-refractivity contribution in [1.29, 1.82) is 0 Å². The number of hydrogen-bond donors (Lipinski definition) is 1. The molecule has 5 atom stereocenters. The minimum Gasteiger partial charge on any atom is -0.486 e. The first-order valence-corrected chi connectivity index (χ1v) is 10.8. The second-order valence-electron chi connectivity index (χ2n) is 10.9. The van der Waals surface area contributed by atoms with Gasteiger partial charge in [0.25, 0.3) is 0 Å². The van der Waals surface area contributed by atoms with Gasteiger partial charge in [0.1, 0.15) is 17.1 Å². The highest BCUT2D eigenvalue weighted by atomic mass is 16.5. The largest absolute Gasteiger partial charge is 0.486 e. The second kappa shape index (κ2) is 6.13. The summed E-state index contributed by atoms with van der Waals surface area (Å²) in [5.41, 5.74) is -2.32. The molecule has 1 aliphatic heterocycles. The maximum absolute atomic E-state index is 13.2. The molecule has 5 nitrogen and oxygen atoms in total. The van der Waals surface area contributed by atoms with Gasteiger partial charge in [0.2, 0.25) is 5.78 Å². The zero-order chi connectivity index (χ0) is 21.4. The number of Topliss-reactive ketones (excluding diaryl/α,β-unsaturated/α-hetero) is 2. The molecule has 0 aromatic heterocycles. The van der Waals surface area contributed by atoms with Crippen molar-refractivity contribution in [2.24, 2.45) is 22.7 Å². The van der Waals surface area contributed by atoms with E-state index in [1.807, 2.05) is 6.08 Å². The van der Waals surface area contributed by atoms with E-state index in [4.69, 9.17) is 4.74 Å². The zero-order valence-corrected chi connectivity index (χ0v) is 18.1. The van der Waals surface area contributed by atoms with Crippen LogP contribution in [0.2, 0.25) is 0 Å². The molecule has 0 aromatic rings. The Labute approximate surface area is 172 Å². The molecule has 0 saturated heterocycles. The summed E-state index contributed by atoms with van der Waals surface area (Å²) < 4.78 is 6.36.